The van der Waals surface area contributed by atoms with Crippen molar-refractivity contribution in [2.24, 2.45) is 0 Å². The lowest BCUT2D eigenvalue weighted by Crippen LogP contribution is -2.60. The second-order valence-electron chi connectivity index (χ2n) is 11.5. The lowest BCUT2D eigenvalue weighted by atomic mass is 9.86. The van der Waals surface area contributed by atoms with E-state index in [1.54, 1.807) is 56.6 Å². The first-order chi connectivity index (χ1) is 20.9. The van der Waals surface area contributed by atoms with E-state index in [1.165, 1.54) is 6.07 Å². The van der Waals surface area contributed by atoms with E-state index >= 15 is 0 Å². The maximum absolute atomic E-state index is 13.1. The smallest absolute Gasteiger partial charge is 0.387 e. The van der Waals surface area contributed by atoms with Gasteiger partial charge in [-0.1, -0.05) is 18.2 Å². The quantitative estimate of drug-likeness (QED) is 0.203. The maximum Gasteiger partial charge on any atom is 0.387 e. The molecule has 3 heterocycles. The number of ether oxygens (including phenoxy) is 4. The monoisotopic (exact) mass is 618 g/mol. The number of nitrogens with zero attached hydrogens (tertiary/aromatic N) is 2. The Bertz CT molecular complexity index is 1380. The third kappa shape index (κ3) is 7.60. The molecule has 13 heteroatoms. The average molecular weight is 619 g/mol. The summed E-state index contributed by atoms with van der Waals surface area (Å²) in [6.45, 7) is -0.330. The summed E-state index contributed by atoms with van der Waals surface area (Å²) in [5.41, 5.74) is 1.64. The molecule has 5 N–H and O–H groups in total. The van der Waals surface area contributed by atoms with Gasteiger partial charge in [-0.15, -0.1) is 0 Å². The van der Waals surface area contributed by atoms with Crippen LogP contribution in [0.3, 0.4) is 0 Å². The first kappa shape index (κ1) is 31.9. The van der Waals surface area contributed by atoms with E-state index in [2.05, 4.69) is 9.97 Å². The second kappa shape index (κ2) is 13.3. The summed E-state index contributed by atoms with van der Waals surface area (Å²) >= 11 is 0. The summed E-state index contributed by atoms with van der Waals surface area (Å²) in [6, 6.07) is 11.7. The third-order valence-corrected chi connectivity index (χ3v) is 7.54. The zero-order valence-electron chi connectivity index (χ0n) is 24.2. The zero-order valence-corrected chi connectivity index (χ0v) is 24.2. The standard InChI is InChI=1S/C31H36F2N2O9/c1-31(2,40)24-9-5-18(14-34-24)20(17-4-8-21(43-30(32)33)22(12-17)41-19-6-7-19)11-16-3-10-25(35-13-16)44-29-28(39)27(38)26(37)23(15-36)42-29/h3-5,8-10,12-14,19-20,23,26-30,36-40H,6-7,11,15H2,1-2H3/t20-,23?,26+,27+,28?,29-/m0/s1. The van der Waals surface area contributed by atoms with Crippen LogP contribution in [0.5, 0.6) is 17.4 Å². The highest BCUT2D eigenvalue weighted by Gasteiger charge is 2.44. The molecule has 44 heavy (non-hydrogen) atoms. The summed E-state index contributed by atoms with van der Waals surface area (Å²) in [5, 5.41) is 50.1. The fourth-order valence-electron chi connectivity index (χ4n) is 4.91. The molecule has 3 aromatic rings. The van der Waals surface area contributed by atoms with Gasteiger partial charge in [0, 0.05) is 24.4 Å². The van der Waals surface area contributed by atoms with Crippen LogP contribution in [0.2, 0.25) is 0 Å². The fraction of sp³-hybridized carbons (Fsp3) is 0.484. The van der Waals surface area contributed by atoms with Crippen LogP contribution < -0.4 is 14.2 Å². The maximum atomic E-state index is 13.1. The van der Waals surface area contributed by atoms with Crippen LogP contribution in [0.4, 0.5) is 8.78 Å². The topological polar surface area (TPSA) is 164 Å². The van der Waals surface area contributed by atoms with Crippen molar-refractivity contribution < 1.29 is 53.3 Å². The summed E-state index contributed by atoms with van der Waals surface area (Å²) in [5.74, 6) is -0.0991. The molecule has 0 radical (unpaired) electrons. The highest BCUT2D eigenvalue weighted by Crippen LogP contribution is 2.39. The lowest BCUT2D eigenvalue weighted by molar-refractivity contribution is -0.278. The Morgan fingerprint density at radius 2 is 1.66 bits per heavy atom. The average Bonchev–Trinajstić information content (AvgIpc) is 3.81. The summed E-state index contributed by atoms with van der Waals surface area (Å²) in [7, 11) is 0. The molecule has 0 spiro atoms. The molecule has 1 aromatic carbocycles. The van der Waals surface area contributed by atoms with Crippen molar-refractivity contribution >= 4 is 0 Å². The highest BCUT2D eigenvalue weighted by atomic mass is 19.3. The molecule has 1 saturated heterocycles. The molecule has 2 unspecified atom stereocenters. The number of aliphatic hydroxyl groups excluding tert-OH is 4. The minimum atomic E-state index is -3.01. The Morgan fingerprint density at radius 1 is 0.909 bits per heavy atom. The predicted molar refractivity (Wildman–Crippen MR) is 150 cm³/mol. The van der Waals surface area contributed by atoms with E-state index in [0.717, 1.165) is 29.5 Å². The molecule has 0 bridgehead atoms. The van der Waals surface area contributed by atoms with Crippen LogP contribution >= 0.6 is 0 Å². The van der Waals surface area contributed by atoms with Crippen LogP contribution in [0.25, 0.3) is 0 Å². The molecule has 1 saturated carbocycles. The van der Waals surface area contributed by atoms with E-state index in [4.69, 9.17) is 18.9 Å². The number of halogens is 2. The molecule has 0 amide bonds. The molecular weight excluding hydrogens is 582 g/mol. The van der Waals surface area contributed by atoms with Gasteiger partial charge in [0.05, 0.1) is 18.4 Å². The zero-order chi connectivity index (χ0) is 31.6. The van der Waals surface area contributed by atoms with E-state index in [1.807, 2.05) is 6.07 Å². The summed E-state index contributed by atoms with van der Waals surface area (Å²) in [6.07, 6.45) is -1.98. The van der Waals surface area contributed by atoms with Gasteiger partial charge in [0.1, 0.15) is 30.0 Å². The number of pyridine rings is 2. The molecule has 1 aliphatic heterocycles. The van der Waals surface area contributed by atoms with Gasteiger partial charge in [0.25, 0.3) is 0 Å². The molecule has 11 nitrogen and oxygen atoms in total. The van der Waals surface area contributed by atoms with Crippen LogP contribution in [0.15, 0.2) is 54.9 Å². The van der Waals surface area contributed by atoms with Crippen LogP contribution in [-0.2, 0) is 16.8 Å². The number of benzene rings is 1. The van der Waals surface area contributed by atoms with Gasteiger partial charge < -0.3 is 44.5 Å². The van der Waals surface area contributed by atoms with Crippen molar-refractivity contribution in [3.05, 3.63) is 77.2 Å². The number of aliphatic hydroxyl groups is 5. The normalized spacial score (nSPS) is 24.6. The number of alkyl halides is 2. The number of aromatic nitrogens is 2. The van der Waals surface area contributed by atoms with Gasteiger partial charge >= 0.3 is 6.61 Å². The molecule has 5 rings (SSSR count). The van der Waals surface area contributed by atoms with Crippen molar-refractivity contribution in [1.29, 1.82) is 0 Å². The number of hydrogen-bond donors (Lipinski definition) is 5. The molecule has 1 aliphatic carbocycles. The minimum Gasteiger partial charge on any atom is -0.487 e. The van der Waals surface area contributed by atoms with Crippen molar-refractivity contribution in [1.82, 2.24) is 9.97 Å². The van der Waals surface area contributed by atoms with E-state index < -0.39 is 49.5 Å². The molecular formula is C31H36F2N2O9. The summed E-state index contributed by atoms with van der Waals surface area (Å²) in [4.78, 5) is 8.76. The molecule has 2 aliphatic rings. The Hall–Kier alpha value is -3.46. The Labute approximate surface area is 252 Å². The van der Waals surface area contributed by atoms with Crippen molar-refractivity contribution in [2.45, 2.75) is 88.1 Å². The van der Waals surface area contributed by atoms with Gasteiger partial charge in [-0.2, -0.15) is 8.78 Å². The predicted octanol–water partition coefficient (Wildman–Crippen LogP) is 2.40. The highest BCUT2D eigenvalue weighted by molar-refractivity contribution is 5.47. The first-order valence-corrected chi connectivity index (χ1v) is 14.3. The number of hydrogen-bond acceptors (Lipinski definition) is 11. The third-order valence-electron chi connectivity index (χ3n) is 7.54. The SMILES string of the molecule is CC(C)(O)c1ccc([C@@H](Cc2ccc(O[C@@H]3OC(CO)[C@@H](O)[C@@H](O)C3O)nc2)c2ccc(OC(F)F)c(OC3CC3)c2)cn1. The van der Waals surface area contributed by atoms with Crippen molar-refractivity contribution in [3.8, 4) is 17.4 Å². The van der Waals surface area contributed by atoms with E-state index in [0.29, 0.717) is 12.1 Å². The Morgan fingerprint density at radius 3 is 2.25 bits per heavy atom. The van der Waals surface area contributed by atoms with Crippen LogP contribution in [-0.4, -0.2) is 85.5 Å². The second-order valence-corrected chi connectivity index (χ2v) is 11.5. The first-order valence-electron chi connectivity index (χ1n) is 14.3. The van der Waals surface area contributed by atoms with E-state index in [9.17, 15) is 34.3 Å². The molecule has 6 atom stereocenters. The van der Waals surface area contributed by atoms with Gasteiger partial charge in [-0.3, -0.25) is 4.98 Å². The van der Waals surface area contributed by atoms with Crippen molar-refractivity contribution in [2.75, 3.05) is 6.61 Å². The van der Waals surface area contributed by atoms with Gasteiger partial charge in [0.15, 0.2) is 11.5 Å². The number of rotatable bonds is 12. The molecule has 238 valence electrons. The van der Waals surface area contributed by atoms with Gasteiger partial charge in [-0.25, -0.2) is 4.98 Å². The fourth-order valence-corrected chi connectivity index (χ4v) is 4.91. The molecule has 2 aromatic heterocycles. The van der Waals surface area contributed by atoms with Crippen molar-refractivity contribution in [3.63, 3.8) is 0 Å². The van der Waals surface area contributed by atoms with Crippen LogP contribution in [0.1, 0.15) is 55.0 Å². The van der Waals surface area contributed by atoms with Crippen LogP contribution in [0, 0.1) is 0 Å². The van der Waals surface area contributed by atoms with E-state index in [-0.39, 0.29) is 29.4 Å². The lowest BCUT2D eigenvalue weighted by Gasteiger charge is -2.39. The Balaban J connectivity index is 1.40. The van der Waals surface area contributed by atoms with Gasteiger partial charge in [-0.05, 0) is 68.0 Å². The summed E-state index contributed by atoms with van der Waals surface area (Å²) < 4.78 is 47.8. The van der Waals surface area contributed by atoms with Gasteiger partial charge in [0.2, 0.25) is 12.2 Å². The Kier molecular flexibility index (Phi) is 9.63. The minimum absolute atomic E-state index is 0.0544. The molecule has 2 fully saturated rings. The largest absolute Gasteiger partial charge is 0.487 e.